The number of rotatable bonds is 79. The number of carbonyl (C=O) groups is 2. The molecular formula is C84H163NO5. The van der Waals surface area contributed by atoms with E-state index in [2.05, 4.69) is 43.5 Å². The third-order valence-corrected chi connectivity index (χ3v) is 19.7. The predicted molar refractivity (Wildman–Crippen MR) is 398 cm³/mol. The number of allylic oxidation sites excluding steroid dienone is 4. The molecule has 0 aromatic rings. The fourth-order valence-corrected chi connectivity index (χ4v) is 13.4. The molecule has 0 aromatic heterocycles. The molecule has 0 saturated carbocycles. The smallest absolute Gasteiger partial charge is 0.305 e. The van der Waals surface area contributed by atoms with Crippen LogP contribution in [0.25, 0.3) is 0 Å². The Bertz CT molecular complexity index is 1410. The van der Waals surface area contributed by atoms with Crippen LogP contribution in [0.1, 0.15) is 476 Å². The summed E-state index contributed by atoms with van der Waals surface area (Å²) in [5.74, 6) is -0.00785. The highest BCUT2D eigenvalue weighted by Crippen LogP contribution is 2.20. The fourth-order valence-electron chi connectivity index (χ4n) is 13.4. The summed E-state index contributed by atoms with van der Waals surface area (Å²) in [4.78, 5) is 24.7. The van der Waals surface area contributed by atoms with E-state index >= 15 is 0 Å². The molecule has 0 fully saturated rings. The molecule has 0 spiro atoms. The second kappa shape index (κ2) is 79.8. The minimum absolute atomic E-state index is 0.0180. The van der Waals surface area contributed by atoms with Crippen molar-refractivity contribution in [3.8, 4) is 0 Å². The number of nitrogens with one attached hydrogen (secondary N) is 1. The highest BCUT2D eigenvalue weighted by Gasteiger charge is 2.20. The molecular weight excluding hydrogens is 1100 g/mol. The second-order valence-electron chi connectivity index (χ2n) is 28.8. The van der Waals surface area contributed by atoms with Crippen LogP contribution in [0.5, 0.6) is 0 Å². The van der Waals surface area contributed by atoms with Gasteiger partial charge in [0.05, 0.1) is 25.4 Å². The molecule has 0 aliphatic carbocycles. The van der Waals surface area contributed by atoms with Crippen molar-refractivity contribution in [1.29, 1.82) is 0 Å². The van der Waals surface area contributed by atoms with Crippen LogP contribution < -0.4 is 5.32 Å². The summed E-state index contributed by atoms with van der Waals surface area (Å²) in [6.07, 6.45) is 103. The number of esters is 1. The molecule has 1 amide bonds. The van der Waals surface area contributed by atoms with Gasteiger partial charge in [0.15, 0.2) is 0 Å². The zero-order valence-corrected chi connectivity index (χ0v) is 61.4. The molecule has 0 radical (unpaired) electrons. The van der Waals surface area contributed by atoms with Gasteiger partial charge in [0.1, 0.15) is 0 Å². The molecule has 0 aromatic carbocycles. The third kappa shape index (κ3) is 75.4. The number of hydrogen-bond donors (Lipinski definition) is 3. The van der Waals surface area contributed by atoms with Crippen molar-refractivity contribution < 1.29 is 24.5 Å². The summed E-state index contributed by atoms with van der Waals surface area (Å²) < 4.78 is 5.51. The van der Waals surface area contributed by atoms with Crippen LogP contribution in [-0.4, -0.2) is 47.4 Å². The quantitative estimate of drug-likeness (QED) is 0.0320. The molecule has 90 heavy (non-hydrogen) atoms. The number of carbonyl (C=O) groups excluding carboxylic acids is 2. The Balaban J connectivity index is 3.33. The maximum Gasteiger partial charge on any atom is 0.305 e. The van der Waals surface area contributed by atoms with Crippen LogP contribution in [0.15, 0.2) is 24.3 Å². The molecule has 3 N–H and O–H groups in total. The van der Waals surface area contributed by atoms with Gasteiger partial charge in [-0.25, -0.2) is 0 Å². The van der Waals surface area contributed by atoms with E-state index in [4.69, 9.17) is 4.74 Å². The first-order chi connectivity index (χ1) is 44.5. The number of unbranched alkanes of at least 4 members (excludes halogenated alkanes) is 64. The summed E-state index contributed by atoms with van der Waals surface area (Å²) in [7, 11) is 0. The lowest BCUT2D eigenvalue weighted by molar-refractivity contribution is -0.143. The largest absolute Gasteiger partial charge is 0.466 e. The number of aliphatic hydroxyl groups excluding tert-OH is 2. The van der Waals surface area contributed by atoms with Crippen molar-refractivity contribution in [1.82, 2.24) is 5.32 Å². The van der Waals surface area contributed by atoms with Gasteiger partial charge in [0, 0.05) is 12.8 Å². The van der Waals surface area contributed by atoms with Gasteiger partial charge in [0.2, 0.25) is 5.91 Å². The molecule has 534 valence electrons. The molecule has 2 unspecified atom stereocenters. The SMILES string of the molecule is CCCCCCCC/C=C\CCCCCCCCCC(=O)OCCCCCCCCCCCCCCCC/C=C\CCCCCCCCCCCCCCCCCCCC(=O)NC(CO)C(O)CCCCCCCCCCCCCCCCCCCCCCC. The number of ether oxygens (including phenoxy) is 1. The van der Waals surface area contributed by atoms with Gasteiger partial charge in [-0.1, -0.05) is 411 Å². The van der Waals surface area contributed by atoms with E-state index in [1.54, 1.807) is 0 Å². The van der Waals surface area contributed by atoms with Crippen molar-refractivity contribution in [2.75, 3.05) is 13.2 Å². The van der Waals surface area contributed by atoms with Crippen LogP contribution in [0.2, 0.25) is 0 Å². The van der Waals surface area contributed by atoms with Gasteiger partial charge in [0.25, 0.3) is 0 Å². The van der Waals surface area contributed by atoms with Crippen LogP contribution >= 0.6 is 0 Å². The van der Waals surface area contributed by atoms with Crippen molar-refractivity contribution >= 4 is 11.9 Å². The van der Waals surface area contributed by atoms with E-state index in [1.807, 2.05) is 0 Å². The van der Waals surface area contributed by atoms with Gasteiger partial charge in [-0.15, -0.1) is 0 Å². The third-order valence-electron chi connectivity index (χ3n) is 19.7. The minimum Gasteiger partial charge on any atom is -0.466 e. The molecule has 0 bridgehead atoms. The normalized spacial score (nSPS) is 12.5. The van der Waals surface area contributed by atoms with Gasteiger partial charge < -0.3 is 20.3 Å². The summed E-state index contributed by atoms with van der Waals surface area (Å²) in [6.45, 7) is 5.00. The minimum atomic E-state index is -0.663. The van der Waals surface area contributed by atoms with E-state index in [9.17, 15) is 19.8 Å². The van der Waals surface area contributed by atoms with Gasteiger partial charge in [-0.3, -0.25) is 9.59 Å². The van der Waals surface area contributed by atoms with Gasteiger partial charge in [-0.2, -0.15) is 0 Å². The van der Waals surface area contributed by atoms with E-state index in [0.29, 0.717) is 25.9 Å². The van der Waals surface area contributed by atoms with Crippen molar-refractivity contribution in [3.05, 3.63) is 24.3 Å². The molecule has 0 heterocycles. The van der Waals surface area contributed by atoms with Crippen LogP contribution in [-0.2, 0) is 14.3 Å². The molecule has 0 aliphatic heterocycles. The van der Waals surface area contributed by atoms with Crippen LogP contribution in [0.4, 0.5) is 0 Å². The lowest BCUT2D eigenvalue weighted by Gasteiger charge is -2.22. The first-order valence-corrected chi connectivity index (χ1v) is 41.6. The van der Waals surface area contributed by atoms with E-state index in [1.165, 1.54) is 398 Å². The van der Waals surface area contributed by atoms with E-state index in [-0.39, 0.29) is 18.5 Å². The Hall–Kier alpha value is -1.66. The lowest BCUT2D eigenvalue weighted by Crippen LogP contribution is -2.45. The predicted octanol–water partition coefficient (Wildman–Crippen LogP) is 27.6. The highest BCUT2D eigenvalue weighted by molar-refractivity contribution is 5.76. The lowest BCUT2D eigenvalue weighted by atomic mass is 10.0. The van der Waals surface area contributed by atoms with Crippen molar-refractivity contribution in [2.24, 2.45) is 0 Å². The molecule has 2 atom stereocenters. The summed E-state index contributed by atoms with van der Waals surface area (Å²) in [5.41, 5.74) is 0. The Labute approximate surface area is 564 Å². The second-order valence-corrected chi connectivity index (χ2v) is 28.8. The fraction of sp³-hybridized carbons (Fsp3) is 0.929. The number of aliphatic hydroxyl groups is 2. The average molecular weight is 1270 g/mol. The summed E-state index contributed by atoms with van der Waals surface area (Å²) in [6, 6.07) is -0.540. The molecule has 6 heteroatoms. The first kappa shape index (κ1) is 88.3. The Morgan fingerprint density at radius 1 is 0.300 bits per heavy atom. The Morgan fingerprint density at radius 2 is 0.522 bits per heavy atom. The maximum atomic E-state index is 12.6. The maximum absolute atomic E-state index is 12.6. The molecule has 0 saturated heterocycles. The summed E-state index contributed by atoms with van der Waals surface area (Å²) >= 11 is 0. The van der Waals surface area contributed by atoms with E-state index < -0.39 is 12.1 Å². The number of hydrogen-bond acceptors (Lipinski definition) is 5. The van der Waals surface area contributed by atoms with E-state index in [0.717, 1.165) is 44.9 Å². The molecule has 0 aliphatic rings. The molecule has 6 nitrogen and oxygen atoms in total. The van der Waals surface area contributed by atoms with Gasteiger partial charge >= 0.3 is 5.97 Å². The topological polar surface area (TPSA) is 95.9 Å². The average Bonchev–Trinajstić information content (AvgIpc) is 3.67. The zero-order valence-electron chi connectivity index (χ0n) is 61.4. The standard InChI is InChI=1S/C84H163NO5/c1-3-5-7-9-11-13-15-17-19-21-22-38-41-45-48-52-56-60-64-68-72-76-82(87)81(80-86)85-83(88)77-73-69-65-61-57-53-49-46-42-39-36-34-32-30-28-26-24-23-25-27-29-31-33-35-37-40-43-47-51-55-59-63-67-71-75-79-90-84(89)78-74-70-66-62-58-54-50-44-20-18-16-14-12-10-8-6-4-2/h18,20,25,27,81-82,86-87H,3-17,19,21-24,26,28-80H2,1-2H3,(H,85,88)/b20-18-,27-25-. The molecule has 0 rings (SSSR count). The van der Waals surface area contributed by atoms with Crippen LogP contribution in [0.3, 0.4) is 0 Å². The van der Waals surface area contributed by atoms with Crippen LogP contribution in [0, 0.1) is 0 Å². The zero-order chi connectivity index (χ0) is 64.9. The first-order valence-electron chi connectivity index (χ1n) is 41.6. The monoisotopic (exact) mass is 1270 g/mol. The van der Waals surface area contributed by atoms with Gasteiger partial charge in [-0.05, 0) is 77.0 Å². The summed E-state index contributed by atoms with van der Waals surface area (Å²) in [5, 5.41) is 23.5. The van der Waals surface area contributed by atoms with Crippen molar-refractivity contribution in [2.45, 2.75) is 488 Å². The van der Waals surface area contributed by atoms with Crippen molar-refractivity contribution in [3.63, 3.8) is 0 Å². The number of amides is 1. The highest BCUT2D eigenvalue weighted by atomic mass is 16.5. The Kier molecular flexibility index (Phi) is 78.3. The Morgan fingerprint density at radius 3 is 0.789 bits per heavy atom.